The van der Waals surface area contributed by atoms with Crippen LogP contribution in [0.25, 0.3) is 0 Å². The number of nitrogens with one attached hydrogen (secondary N) is 2. The van der Waals surface area contributed by atoms with Crippen molar-refractivity contribution < 1.29 is 16.8 Å². The maximum Gasteiger partial charge on any atom is 0.296 e. The lowest BCUT2D eigenvalue weighted by Gasteiger charge is -2.14. The van der Waals surface area contributed by atoms with Gasteiger partial charge in [0.05, 0.1) is 16.4 Å². The zero-order chi connectivity index (χ0) is 13.6. The summed E-state index contributed by atoms with van der Waals surface area (Å²) in [4.78, 5) is 3.58. The van der Waals surface area contributed by atoms with Gasteiger partial charge in [0.1, 0.15) is 11.2 Å². The lowest BCUT2D eigenvalue weighted by Crippen LogP contribution is -2.26. The molecule has 8 nitrogen and oxygen atoms in total. The minimum atomic E-state index is -4.05. The fourth-order valence-electron chi connectivity index (χ4n) is 1.32. The average molecular weight is 311 g/mol. The Bertz CT molecular complexity index is 741. The molecule has 18 heavy (non-hydrogen) atoms. The monoisotopic (exact) mass is 310 g/mol. The molecule has 0 fully saturated rings. The molecule has 2 rings (SSSR count). The van der Waals surface area contributed by atoms with Gasteiger partial charge in [-0.2, -0.15) is 8.42 Å². The number of fused-ring (bicyclic) bond motifs is 1. The third-order valence-electron chi connectivity index (χ3n) is 2.00. The normalized spacial score (nSPS) is 16.8. The van der Waals surface area contributed by atoms with Gasteiger partial charge in [-0.1, -0.05) is 11.6 Å². The Morgan fingerprint density at radius 3 is 2.67 bits per heavy atom. The molecule has 1 aliphatic rings. The van der Waals surface area contributed by atoms with Gasteiger partial charge < -0.3 is 0 Å². The van der Waals surface area contributed by atoms with E-state index in [0.717, 1.165) is 12.4 Å². The van der Waals surface area contributed by atoms with E-state index in [2.05, 4.69) is 9.71 Å². The Morgan fingerprint density at radius 1 is 1.39 bits per heavy atom. The minimum absolute atomic E-state index is 0.0166. The van der Waals surface area contributed by atoms with E-state index in [1.54, 1.807) is 0 Å². The molecule has 0 unspecified atom stereocenters. The van der Waals surface area contributed by atoms with Crippen molar-refractivity contribution >= 4 is 49.5 Å². The van der Waals surface area contributed by atoms with Gasteiger partial charge in [-0.05, 0) is 12.1 Å². The topological polar surface area (TPSA) is 131 Å². The molecule has 0 saturated carbocycles. The van der Waals surface area contributed by atoms with Crippen LogP contribution in [-0.4, -0.2) is 23.2 Å². The molecule has 0 saturated heterocycles. The van der Waals surface area contributed by atoms with Crippen LogP contribution in [0.1, 0.15) is 0 Å². The number of sulfonamides is 1. The lowest BCUT2D eigenvalue weighted by atomic mass is 10.3. The first-order chi connectivity index (χ1) is 8.19. The molecule has 0 radical (unpaired) electrons. The van der Waals surface area contributed by atoms with Crippen molar-refractivity contribution in [3.63, 3.8) is 0 Å². The molecule has 0 bridgehead atoms. The van der Waals surface area contributed by atoms with Gasteiger partial charge in [0.15, 0.2) is 0 Å². The zero-order valence-electron chi connectivity index (χ0n) is 8.58. The quantitative estimate of drug-likeness (QED) is 0.704. The molecule has 0 aromatic heterocycles. The Kier molecular flexibility index (Phi) is 2.97. The number of aliphatic imine (C=N–C) groups is 1. The number of halogens is 1. The second-order valence-electron chi connectivity index (χ2n) is 3.33. The molecule has 1 heterocycles. The van der Waals surface area contributed by atoms with Crippen molar-refractivity contribution in [2.75, 3.05) is 4.72 Å². The Balaban J connectivity index is 2.64. The van der Waals surface area contributed by atoms with Gasteiger partial charge in [-0.3, -0.25) is 9.44 Å². The highest BCUT2D eigenvalue weighted by molar-refractivity contribution is 7.90. The van der Waals surface area contributed by atoms with Crippen molar-refractivity contribution in [2.24, 2.45) is 10.1 Å². The van der Waals surface area contributed by atoms with E-state index in [1.165, 1.54) is 6.07 Å². The summed E-state index contributed by atoms with van der Waals surface area (Å²) in [5.74, 6) is 0. The third kappa shape index (κ3) is 2.56. The molecule has 4 N–H and O–H groups in total. The number of nitrogens with two attached hydrogens (primary N) is 1. The summed E-state index contributed by atoms with van der Waals surface area (Å²) >= 11 is 5.79. The number of hydrogen-bond donors (Lipinski definition) is 3. The van der Waals surface area contributed by atoms with E-state index >= 15 is 0 Å². The van der Waals surface area contributed by atoms with Crippen LogP contribution >= 0.6 is 11.6 Å². The van der Waals surface area contributed by atoms with Gasteiger partial charge in [0.25, 0.3) is 20.2 Å². The van der Waals surface area contributed by atoms with Crippen molar-refractivity contribution in [3.05, 3.63) is 17.2 Å². The van der Waals surface area contributed by atoms with Gasteiger partial charge in [0.2, 0.25) is 0 Å². The first-order valence-electron chi connectivity index (χ1n) is 4.38. The first kappa shape index (κ1) is 13.1. The second kappa shape index (κ2) is 4.09. The summed E-state index contributed by atoms with van der Waals surface area (Å²) in [5, 5.41) is 4.77. The first-order valence-corrected chi connectivity index (χ1v) is 7.79. The molecule has 0 atom stereocenters. The maximum absolute atomic E-state index is 11.6. The van der Waals surface area contributed by atoms with E-state index in [9.17, 15) is 16.8 Å². The van der Waals surface area contributed by atoms with Crippen LogP contribution in [0.2, 0.25) is 5.02 Å². The maximum atomic E-state index is 11.6. The highest BCUT2D eigenvalue weighted by Gasteiger charge is 2.23. The number of rotatable bonds is 2. The van der Waals surface area contributed by atoms with Crippen LogP contribution < -0.4 is 14.6 Å². The van der Waals surface area contributed by atoms with Crippen LogP contribution in [0.3, 0.4) is 0 Å². The Morgan fingerprint density at radius 2 is 2.06 bits per heavy atom. The highest BCUT2D eigenvalue weighted by atomic mass is 35.5. The predicted octanol–water partition coefficient (Wildman–Crippen LogP) is -0.0929. The van der Waals surface area contributed by atoms with Crippen LogP contribution in [-0.2, 0) is 20.2 Å². The number of hydrogen-bond acceptors (Lipinski definition) is 5. The van der Waals surface area contributed by atoms with Gasteiger partial charge in [0, 0.05) is 0 Å². The fourth-order valence-corrected chi connectivity index (χ4v) is 3.03. The smallest absolute Gasteiger partial charge is 0.270 e. The summed E-state index contributed by atoms with van der Waals surface area (Å²) in [6.07, 6.45) is 1.00. The van der Waals surface area contributed by atoms with Crippen molar-refractivity contribution in [3.8, 4) is 0 Å². The molecule has 1 aromatic rings. The summed E-state index contributed by atoms with van der Waals surface area (Å²) < 4.78 is 49.1. The SMILES string of the molecule is NS(=O)(=O)Nc1cc2c(cc1Cl)N=CNS2(=O)=O. The van der Waals surface area contributed by atoms with Gasteiger partial charge in [-0.15, -0.1) is 0 Å². The highest BCUT2D eigenvalue weighted by Crippen LogP contribution is 2.35. The minimum Gasteiger partial charge on any atom is -0.270 e. The van der Waals surface area contributed by atoms with Crippen LogP contribution in [0.5, 0.6) is 0 Å². The van der Waals surface area contributed by atoms with E-state index in [4.69, 9.17) is 16.7 Å². The lowest BCUT2D eigenvalue weighted by molar-refractivity contribution is 0.592. The van der Waals surface area contributed by atoms with Crippen molar-refractivity contribution in [2.45, 2.75) is 4.90 Å². The molecule has 1 aromatic carbocycles. The summed E-state index contributed by atoms with van der Waals surface area (Å²) in [6, 6.07) is 2.26. The summed E-state index contributed by atoms with van der Waals surface area (Å²) in [7, 11) is -7.82. The van der Waals surface area contributed by atoms with Crippen LogP contribution in [0.15, 0.2) is 22.0 Å². The molecule has 0 amide bonds. The standard InChI is InChI=1S/C7H7ClN4O4S2/c8-4-1-6-7(17(13,14)11-3-10-6)2-5(4)12-18(9,15)16/h1-3,12H,(H,10,11)(H2,9,15,16). The summed E-state index contributed by atoms with van der Waals surface area (Å²) in [6.45, 7) is 0. The zero-order valence-corrected chi connectivity index (χ0v) is 11.0. The average Bonchev–Trinajstić information content (AvgIpc) is 2.18. The van der Waals surface area contributed by atoms with E-state index in [1.807, 2.05) is 4.72 Å². The molecule has 11 heteroatoms. The van der Waals surface area contributed by atoms with Crippen molar-refractivity contribution in [1.29, 1.82) is 0 Å². The van der Waals surface area contributed by atoms with E-state index in [-0.39, 0.29) is 21.3 Å². The molecular weight excluding hydrogens is 304 g/mol. The predicted molar refractivity (Wildman–Crippen MR) is 66.7 cm³/mol. The molecular formula is C7H7ClN4O4S2. The number of nitrogens with zero attached hydrogens (tertiary/aromatic N) is 1. The van der Waals surface area contributed by atoms with Gasteiger partial charge >= 0.3 is 0 Å². The Labute approximate surface area is 108 Å². The molecule has 0 aliphatic carbocycles. The largest absolute Gasteiger partial charge is 0.296 e. The number of anilines is 1. The summed E-state index contributed by atoms with van der Waals surface area (Å²) in [5.41, 5.74) is -0.0286. The van der Waals surface area contributed by atoms with E-state index in [0.29, 0.717) is 0 Å². The van der Waals surface area contributed by atoms with Gasteiger partial charge in [-0.25, -0.2) is 18.5 Å². The molecule has 0 spiro atoms. The molecule has 1 aliphatic heterocycles. The van der Waals surface area contributed by atoms with E-state index < -0.39 is 20.2 Å². The van der Waals surface area contributed by atoms with Crippen molar-refractivity contribution in [1.82, 2.24) is 4.72 Å². The van der Waals surface area contributed by atoms with Crippen LogP contribution in [0, 0.1) is 0 Å². The second-order valence-corrected chi connectivity index (χ2v) is 6.71. The Hall–Kier alpha value is -1.36. The number of benzene rings is 1. The fraction of sp³-hybridized carbons (Fsp3) is 0. The third-order valence-corrected chi connectivity index (χ3v) is 4.14. The van der Waals surface area contributed by atoms with Crippen LogP contribution in [0.4, 0.5) is 11.4 Å². The molecule has 98 valence electrons.